The summed E-state index contributed by atoms with van der Waals surface area (Å²) in [4.78, 5) is 54.8. The van der Waals surface area contributed by atoms with Crippen molar-refractivity contribution >= 4 is 23.4 Å². The average molecular weight is 1060 g/mol. The van der Waals surface area contributed by atoms with Crippen molar-refractivity contribution in [3.8, 4) is 0 Å². The van der Waals surface area contributed by atoms with Crippen LogP contribution in [0.2, 0.25) is 0 Å². The highest BCUT2D eigenvalue weighted by Gasteiger charge is 2.63. The van der Waals surface area contributed by atoms with Gasteiger partial charge in [0.05, 0.1) is 23.6 Å². The Morgan fingerprint density at radius 1 is 0.553 bits per heavy atom. The number of aliphatic hydroxyl groups is 2. The third-order valence-corrected chi connectivity index (χ3v) is 22.4. The van der Waals surface area contributed by atoms with E-state index in [9.17, 15) is 29.4 Å². The van der Waals surface area contributed by atoms with Crippen LogP contribution in [0.1, 0.15) is 247 Å². The number of unbranched alkanes of at least 4 members (excludes halogenated alkanes) is 2. The second-order valence-corrected chi connectivity index (χ2v) is 26.9. The summed E-state index contributed by atoms with van der Waals surface area (Å²) < 4.78 is 0. The lowest BCUT2D eigenvalue weighted by atomic mass is 9.44. The Morgan fingerprint density at radius 3 is 1.34 bits per heavy atom. The van der Waals surface area contributed by atoms with E-state index in [1.165, 1.54) is 79.8 Å². The Bertz CT molecular complexity index is 2290. The first-order valence-electron chi connectivity index (χ1n) is 29.2. The van der Waals surface area contributed by atoms with Crippen LogP contribution < -0.4 is 0 Å². The minimum atomic E-state index is -1.12. The molecule has 1 amide bonds. The van der Waals surface area contributed by atoms with Crippen LogP contribution in [0.25, 0.3) is 0 Å². The van der Waals surface area contributed by atoms with Gasteiger partial charge in [0.25, 0.3) is 5.91 Å². The number of Topliss-reactive ketones (excluding diaryl/α,β-unsaturated/α-hetero) is 2. The number of rotatable bonds is 12. The predicted octanol–water partition coefficient (Wildman–Crippen LogP) is 12.8. The van der Waals surface area contributed by atoms with Gasteiger partial charge in [-0.15, -0.1) is 10.2 Å². The van der Waals surface area contributed by atoms with Gasteiger partial charge in [0.1, 0.15) is 13.1 Å². The highest BCUT2D eigenvalue weighted by atomic mass is 16.4. The Morgan fingerprint density at radius 2 is 0.961 bits per heavy atom. The monoisotopic (exact) mass is 1060 g/mol. The maximum atomic E-state index is 13.6. The Balaban J connectivity index is 0.000000250. The largest absolute Gasteiger partial charge is 0.476 e. The summed E-state index contributed by atoms with van der Waals surface area (Å²) in [5.74, 6) is 4.40. The number of nitrogens with zero attached hydrogens (tertiary/aromatic N) is 7. The van der Waals surface area contributed by atoms with Crippen LogP contribution in [-0.4, -0.2) is 98.4 Å². The normalized spacial score (nSPS) is 39.5. The number of amides is 1. The van der Waals surface area contributed by atoms with Crippen molar-refractivity contribution in [2.75, 3.05) is 13.6 Å². The lowest BCUT2D eigenvalue weighted by molar-refractivity contribution is -0.151. The maximum absolute atomic E-state index is 13.6. The molecule has 76 heavy (non-hydrogen) atoms. The Labute approximate surface area is 459 Å². The number of hydrogen-bond donors (Lipinski definition) is 3. The predicted molar refractivity (Wildman–Crippen MR) is 301 cm³/mol. The van der Waals surface area contributed by atoms with Crippen molar-refractivity contribution in [2.24, 2.45) is 80.8 Å². The summed E-state index contributed by atoms with van der Waals surface area (Å²) in [6, 6.07) is 0. The lowest BCUT2D eigenvalue weighted by Gasteiger charge is -2.61. The highest BCUT2D eigenvalue weighted by Crippen LogP contribution is 2.70. The second-order valence-electron chi connectivity index (χ2n) is 26.9. The zero-order valence-corrected chi connectivity index (χ0v) is 46.7. The van der Waals surface area contributed by atoms with Crippen LogP contribution in [0.4, 0.5) is 0 Å². The molecule has 8 saturated carbocycles. The molecule has 8 aliphatic carbocycles. The van der Waals surface area contributed by atoms with E-state index in [2.05, 4.69) is 61.9 Å². The van der Waals surface area contributed by atoms with Crippen LogP contribution in [0, 0.1) is 80.8 Å². The van der Waals surface area contributed by atoms with Crippen LogP contribution in [0.15, 0.2) is 12.4 Å². The van der Waals surface area contributed by atoms with Crippen molar-refractivity contribution in [1.82, 2.24) is 34.9 Å². The summed E-state index contributed by atoms with van der Waals surface area (Å²) in [7, 11) is 1.77. The van der Waals surface area contributed by atoms with Crippen LogP contribution in [0.3, 0.4) is 0 Å². The molecule has 0 saturated heterocycles. The van der Waals surface area contributed by atoms with Crippen LogP contribution in [0.5, 0.6) is 0 Å². The van der Waals surface area contributed by atoms with Crippen molar-refractivity contribution in [3.05, 3.63) is 23.8 Å². The lowest BCUT2D eigenvalue weighted by Crippen LogP contribution is -2.55. The number of carboxylic acids is 1. The molecule has 16 atom stereocenters. The first-order valence-corrected chi connectivity index (χ1v) is 29.2. The first-order chi connectivity index (χ1) is 34.4. The number of fused-ring (bicyclic) bond motifs is 10. The second kappa shape index (κ2) is 24.5. The molecule has 2 aromatic rings. The molecule has 8 fully saturated rings. The molecule has 432 valence electrons. The van der Waals surface area contributed by atoms with Crippen molar-refractivity contribution in [3.63, 3.8) is 0 Å². The molecule has 0 aliphatic heterocycles. The standard InChI is InChI=1S/C29H46N4O3.C25H37N3O4.C5H12.3CH4/c1-6-15-32(5)26(35)24-17-30-33(31-24)18-25(34)23-10-9-21-20-8-7-19-16-27(2,36)13-14-28(19,3)22(20)11-12-29(21,23)4;1-23(32)10-11-24(2)15(12-23)4-5-16-17-6-7-19(25(17,3)9-8-18(16)24)21(29)14-28-26-13-20(27-28)22(30)31;1-3-5-4-2;;;/h17,19-23,36H,6-16,18H2,1-5H3;13,15-19,32H,4-12,14H2,1-3H3,(H,30,31);3-5H2,1-2H3;3*1H4/t19-,20+,21+,22+,23-,27-,28+,29+;15-,16+,17+,18+,19-,23-,24+,25+;;;;/m11..../s1. The number of aromatic nitrogens is 6. The van der Waals surface area contributed by atoms with E-state index in [4.69, 9.17) is 5.11 Å². The molecular weight excluding hydrogens is 955 g/mol. The van der Waals surface area contributed by atoms with E-state index in [1.54, 1.807) is 11.9 Å². The summed E-state index contributed by atoms with van der Waals surface area (Å²) in [5.41, 5.74) is -0.0915. The van der Waals surface area contributed by atoms with E-state index >= 15 is 0 Å². The van der Waals surface area contributed by atoms with Crippen molar-refractivity contribution in [2.45, 2.75) is 250 Å². The summed E-state index contributed by atoms with van der Waals surface area (Å²) in [6.45, 7) is 21.1. The minimum Gasteiger partial charge on any atom is -0.476 e. The smallest absolute Gasteiger partial charge is 0.358 e. The molecule has 0 radical (unpaired) electrons. The fourth-order valence-corrected chi connectivity index (χ4v) is 18.3. The molecule has 14 heteroatoms. The fraction of sp³-hybridized carbons (Fsp3) is 0.871. The summed E-state index contributed by atoms with van der Waals surface area (Å²) in [5, 5.41) is 47.0. The Hall–Kier alpha value is -3.52. The Kier molecular flexibility index (Phi) is 20.4. The number of carbonyl (C=O) groups is 4. The van der Waals surface area contributed by atoms with Gasteiger partial charge in [-0.05, 0) is 205 Å². The molecule has 2 heterocycles. The van der Waals surface area contributed by atoms with E-state index in [0.717, 1.165) is 89.4 Å². The van der Waals surface area contributed by atoms with Crippen LogP contribution >= 0.6 is 0 Å². The molecule has 14 nitrogen and oxygen atoms in total. The number of aromatic carboxylic acids is 1. The number of carboxylic acid groups (broad SMARTS) is 1. The molecular formula is C62H107N7O7. The zero-order valence-electron chi connectivity index (χ0n) is 46.7. The molecule has 2 aromatic heterocycles. The average Bonchev–Trinajstić information content (AvgIpc) is 4.15. The number of ketones is 2. The molecule has 0 aromatic carbocycles. The zero-order chi connectivity index (χ0) is 52.9. The minimum absolute atomic E-state index is 0. The van der Waals surface area contributed by atoms with Gasteiger partial charge >= 0.3 is 5.97 Å². The third kappa shape index (κ3) is 12.1. The molecule has 0 bridgehead atoms. The van der Waals surface area contributed by atoms with Crippen molar-refractivity contribution in [1.29, 1.82) is 0 Å². The number of hydrogen-bond acceptors (Lipinski definition) is 10. The van der Waals surface area contributed by atoms with E-state index in [1.807, 2.05) is 20.8 Å². The fourth-order valence-electron chi connectivity index (χ4n) is 18.3. The highest BCUT2D eigenvalue weighted by molar-refractivity contribution is 5.91. The molecule has 8 aliphatic rings. The SMILES string of the molecule is C.C.C.CCCCC.CCCN(C)C(=O)c1cnn(CC(=O)[C@H]2CC[C@H]3[C@@H]4CC[C@@H]5C[C@](C)(O)CC[C@]5(C)[C@H]4CC[C@]23C)n1.C[C@@]1(O)CC[C@@]2(C)[C@H](CC[C@@H]3[C@@H]2CC[C@]2(C)[C@@H](C(=O)Cn4ncc(C(=O)O)n4)CC[C@@H]32)C1. The maximum Gasteiger partial charge on any atom is 0.358 e. The molecule has 3 N–H and O–H groups in total. The van der Waals surface area contributed by atoms with Gasteiger partial charge in [-0.25, -0.2) is 4.79 Å². The van der Waals surface area contributed by atoms with Gasteiger partial charge in [0, 0.05) is 25.4 Å². The van der Waals surface area contributed by atoms with Crippen molar-refractivity contribution < 1.29 is 34.5 Å². The summed E-state index contributed by atoms with van der Waals surface area (Å²) in [6.07, 6.45) is 27.3. The molecule has 0 spiro atoms. The third-order valence-electron chi connectivity index (χ3n) is 22.4. The van der Waals surface area contributed by atoms with E-state index < -0.39 is 17.2 Å². The molecule has 0 unspecified atom stereocenters. The number of carbonyl (C=O) groups excluding carboxylic acids is 3. The summed E-state index contributed by atoms with van der Waals surface area (Å²) >= 11 is 0. The molecule has 10 rings (SSSR count). The van der Waals surface area contributed by atoms with Gasteiger partial charge in [-0.2, -0.15) is 19.8 Å². The topological polar surface area (TPSA) is 194 Å². The van der Waals surface area contributed by atoms with Crippen LogP contribution in [-0.2, 0) is 22.7 Å². The van der Waals surface area contributed by atoms with E-state index in [-0.39, 0.29) is 81.2 Å². The van der Waals surface area contributed by atoms with Gasteiger partial charge in [-0.3, -0.25) is 14.4 Å². The van der Waals surface area contributed by atoms with Gasteiger partial charge < -0.3 is 20.2 Å². The van der Waals surface area contributed by atoms with Gasteiger partial charge in [-0.1, -0.05) is 90.0 Å². The quantitative estimate of drug-likeness (QED) is 0.183. The van der Waals surface area contributed by atoms with Gasteiger partial charge in [0.15, 0.2) is 23.0 Å². The van der Waals surface area contributed by atoms with Gasteiger partial charge in [0.2, 0.25) is 0 Å². The van der Waals surface area contributed by atoms with E-state index in [0.29, 0.717) is 64.5 Å². The first kappa shape index (κ1) is 63.3.